The molecule has 2 aromatic heterocycles. The van der Waals surface area contributed by atoms with Crippen molar-refractivity contribution in [1.82, 2.24) is 20.0 Å². The topological polar surface area (TPSA) is 73.0 Å². The lowest BCUT2D eigenvalue weighted by molar-refractivity contribution is 0.242. The highest BCUT2D eigenvalue weighted by Gasteiger charge is 2.10. The first-order valence-electron chi connectivity index (χ1n) is 4.86. The smallest absolute Gasteiger partial charge is 0.327 e. The van der Waals surface area contributed by atoms with Crippen LogP contribution in [0.4, 0.5) is 4.79 Å². The van der Waals surface area contributed by atoms with E-state index in [1.54, 1.807) is 12.4 Å². The summed E-state index contributed by atoms with van der Waals surface area (Å²) in [5.74, 6) is 0.725. The molecule has 0 aliphatic carbocycles. The molecule has 0 aliphatic heterocycles. The highest BCUT2D eigenvalue weighted by molar-refractivity contribution is 5.76. The van der Waals surface area contributed by atoms with Gasteiger partial charge in [0.1, 0.15) is 12.1 Å². The number of hydrogen-bond donors (Lipinski definition) is 1. The average Bonchev–Trinajstić information content (AvgIpc) is 2.87. The molecule has 2 heterocycles. The number of carbonyl (C=O) groups is 1. The third kappa shape index (κ3) is 1.95. The van der Waals surface area contributed by atoms with Crippen LogP contribution < -0.4 is 5.32 Å². The molecule has 0 saturated heterocycles. The fourth-order valence-corrected chi connectivity index (χ4v) is 1.39. The molecule has 0 saturated carbocycles. The van der Waals surface area contributed by atoms with Crippen LogP contribution in [0.25, 0.3) is 0 Å². The van der Waals surface area contributed by atoms with Gasteiger partial charge < -0.3 is 9.84 Å². The largest absolute Gasteiger partial charge is 0.361 e. The van der Waals surface area contributed by atoms with Crippen molar-refractivity contribution in [1.29, 1.82) is 0 Å². The molecule has 2 rings (SSSR count). The number of nitrogens with one attached hydrogen (secondary N) is 1. The molecule has 0 unspecified atom stereocenters. The molecule has 0 fully saturated rings. The predicted octanol–water partition coefficient (Wildman–Crippen LogP) is 1.25. The van der Waals surface area contributed by atoms with Gasteiger partial charge in [0.2, 0.25) is 0 Å². The van der Waals surface area contributed by atoms with E-state index < -0.39 is 0 Å². The van der Waals surface area contributed by atoms with Gasteiger partial charge in [-0.05, 0) is 13.8 Å². The third-order valence-corrected chi connectivity index (χ3v) is 2.34. The number of amides is 1. The molecule has 0 bridgehead atoms. The minimum Gasteiger partial charge on any atom is -0.361 e. The van der Waals surface area contributed by atoms with Gasteiger partial charge in [-0.3, -0.25) is 4.57 Å². The predicted molar refractivity (Wildman–Crippen MR) is 55.8 cm³/mol. The van der Waals surface area contributed by atoms with Gasteiger partial charge in [0, 0.05) is 24.5 Å². The first-order chi connectivity index (χ1) is 7.68. The van der Waals surface area contributed by atoms with Crippen molar-refractivity contribution in [3.8, 4) is 0 Å². The lowest BCUT2D eigenvalue weighted by Gasteiger charge is -2.04. The van der Waals surface area contributed by atoms with Crippen LogP contribution in [0, 0.1) is 13.8 Å². The average molecular weight is 220 g/mol. The van der Waals surface area contributed by atoms with Gasteiger partial charge in [0.05, 0.1) is 5.69 Å². The van der Waals surface area contributed by atoms with E-state index in [0.717, 1.165) is 17.0 Å². The zero-order chi connectivity index (χ0) is 11.5. The molecule has 2 aromatic rings. The Labute approximate surface area is 92.3 Å². The van der Waals surface area contributed by atoms with Gasteiger partial charge >= 0.3 is 6.03 Å². The van der Waals surface area contributed by atoms with Gasteiger partial charge in [0.15, 0.2) is 0 Å². The van der Waals surface area contributed by atoms with Gasteiger partial charge in [-0.1, -0.05) is 5.16 Å². The summed E-state index contributed by atoms with van der Waals surface area (Å²) in [6.45, 7) is 4.06. The summed E-state index contributed by atoms with van der Waals surface area (Å²) in [5, 5.41) is 6.56. The van der Waals surface area contributed by atoms with Crippen molar-refractivity contribution in [3.05, 3.63) is 35.7 Å². The molecule has 6 heteroatoms. The normalized spacial score (nSPS) is 10.4. The van der Waals surface area contributed by atoms with E-state index in [1.165, 1.54) is 10.9 Å². The second-order valence-corrected chi connectivity index (χ2v) is 3.43. The van der Waals surface area contributed by atoms with Gasteiger partial charge in [0.25, 0.3) is 0 Å². The highest BCUT2D eigenvalue weighted by atomic mass is 16.5. The Kier molecular flexibility index (Phi) is 2.72. The summed E-state index contributed by atoms with van der Waals surface area (Å²) in [4.78, 5) is 15.4. The van der Waals surface area contributed by atoms with E-state index in [0.29, 0.717) is 6.54 Å². The number of carbonyl (C=O) groups excluding carboxylic acids is 1. The Morgan fingerprint density at radius 2 is 2.38 bits per heavy atom. The van der Waals surface area contributed by atoms with Gasteiger partial charge in [-0.25, -0.2) is 9.78 Å². The molecule has 1 amide bonds. The van der Waals surface area contributed by atoms with Crippen molar-refractivity contribution in [2.24, 2.45) is 0 Å². The van der Waals surface area contributed by atoms with Crippen LogP contribution in [0.1, 0.15) is 17.0 Å². The van der Waals surface area contributed by atoms with Crippen LogP contribution in [0.15, 0.2) is 23.2 Å². The van der Waals surface area contributed by atoms with Crippen molar-refractivity contribution in [3.63, 3.8) is 0 Å². The Balaban J connectivity index is 2.01. The molecule has 84 valence electrons. The molecular weight excluding hydrogens is 208 g/mol. The van der Waals surface area contributed by atoms with Gasteiger partial charge in [-0.15, -0.1) is 0 Å². The SMILES string of the molecule is Cc1noc(C)c1CNC(=O)n1ccnc1. The van der Waals surface area contributed by atoms with Crippen LogP contribution in [0.3, 0.4) is 0 Å². The van der Waals surface area contributed by atoms with Crippen LogP contribution in [0.5, 0.6) is 0 Å². The fraction of sp³-hybridized carbons (Fsp3) is 0.300. The quantitative estimate of drug-likeness (QED) is 0.826. The van der Waals surface area contributed by atoms with Crippen LogP contribution >= 0.6 is 0 Å². The standard InChI is InChI=1S/C10H12N4O2/c1-7-9(8(2)16-13-7)5-12-10(15)14-4-3-11-6-14/h3-4,6H,5H2,1-2H3,(H,12,15). The molecular formula is C10H12N4O2. The van der Waals surface area contributed by atoms with E-state index in [-0.39, 0.29) is 6.03 Å². The first-order valence-corrected chi connectivity index (χ1v) is 4.86. The van der Waals surface area contributed by atoms with Crippen molar-refractivity contribution in [2.75, 3.05) is 0 Å². The maximum Gasteiger partial charge on any atom is 0.327 e. The summed E-state index contributed by atoms with van der Waals surface area (Å²) in [6, 6.07) is -0.225. The number of aromatic nitrogens is 3. The summed E-state index contributed by atoms with van der Waals surface area (Å²) in [5.41, 5.74) is 1.71. The molecule has 0 spiro atoms. The van der Waals surface area contributed by atoms with Gasteiger partial charge in [-0.2, -0.15) is 0 Å². The van der Waals surface area contributed by atoms with Crippen molar-refractivity contribution in [2.45, 2.75) is 20.4 Å². The van der Waals surface area contributed by atoms with Crippen LogP contribution in [-0.4, -0.2) is 20.7 Å². The summed E-state index contributed by atoms with van der Waals surface area (Å²) < 4.78 is 6.37. The Morgan fingerprint density at radius 1 is 1.56 bits per heavy atom. The fourth-order valence-electron chi connectivity index (χ4n) is 1.39. The van der Waals surface area contributed by atoms with Crippen molar-refractivity contribution >= 4 is 6.03 Å². The van der Waals surface area contributed by atoms with E-state index >= 15 is 0 Å². The second kappa shape index (κ2) is 4.18. The highest BCUT2D eigenvalue weighted by Crippen LogP contribution is 2.11. The molecule has 6 nitrogen and oxygen atoms in total. The maximum absolute atomic E-state index is 11.6. The molecule has 0 atom stereocenters. The van der Waals surface area contributed by atoms with Crippen molar-refractivity contribution < 1.29 is 9.32 Å². The zero-order valence-electron chi connectivity index (χ0n) is 9.10. The lowest BCUT2D eigenvalue weighted by Crippen LogP contribution is -2.27. The maximum atomic E-state index is 11.6. The zero-order valence-corrected chi connectivity index (χ0v) is 9.10. The molecule has 16 heavy (non-hydrogen) atoms. The number of hydrogen-bond acceptors (Lipinski definition) is 4. The van der Waals surface area contributed by atoms with E-state index in [2.05, 4.69) is 15.5 Å². The minimum absolute atomic E-state index is 0.225. The lowest BCUT2D eigenvalue weighted by atomic mass is 10.2. The number of aryl methyl sites for hydroxylation is 2. The first kappa shape index (κ1) is 10.4. The monoisotopic (exact) mass is 220 g/mol. The molecule has 0 aromatic carbocycles. The second-order valence-electron chi connectivity index (χ2n) is 3.43. The Morgan fingerprint density at radius 3 is 2.94 bits per heavy atom. The minimum atomic E-state index is -0.225. The number of rotatable bonds is 2. The summed E-state index contributed by atoms with van der Waals surface area (Å²) in [7, 11) is 0. The molecule has 0 aliphatic rings. The molecule has 0 radical (unpaired) electrons. The van der Waals surface area contributed by atoms with Crippen LogP contribution in [0.2, 0.25) is 0 Å². The van der Waals surface area contributed by atoms with Crippen LogP contribution in [-0.2, 0) is 6.54 Å². The summed E-state index contributed by atoms with van der Waals surface area (Å²) in [6.07, 6.45) is 4.58. The Bertz CT molecular complexity index is 467. The number of imidazole rings is 1. The van der Waals surface area contributed by atoms with E-state index in [9.17, 15) is 4.79 Å². The number of nitrogens with zero attached hydrogens (tertiary/aromatic N) is 3. The summed E-state index contributed by atoms with van der Waals surface area (Å²) >= 11 is 0. The van der Waals surface area contributed by atoms with E-state index in [1.807, 2.05) is 13.8 Å². The van der Waals surface area contributed by atoms with E-state index in [4.69, 9.17) is 4.52 Å². The molecule has 1 N–H and O–H groups in total. The Hall–Kier alpha value is -2.11. The third-order valence-electron chi connectivity index (χ3n) is 2.34.